The molecule has 1 aromatic carbocycles. The molecule has 1 aromatic heterocycles. The van der Waals surface area contributed by atoms with Gasteiger partial charge in [-0.1, -0.05) is 11.6 Å². The largest absolute Gasteiger partial charge is 0.494 e. The van der Waals surface area contributed by atoms with Gasteiger partial charge < -0.3 is 4.74 Å². The maximum absolute atomic E-state index is 13.4. The minimum Gasteiger partial charge on any atom is -0.494 e. The van der Waals surface area contributed by atoms with Crippen molar-refractivity contribution in [1.82, 2.24) is 4.98 Å². The molecule has 2 rings (SSSR count). The van der Waals surface area contributed by atoms with E-state index in [1.54, 1.807) is 6.07 Å². The van der Waals surface area contributed by atoms with Crippen LogP contribution in [0.5, 0.6) is 5.75 Å². The summed E-state index contributed by atoms with van der Waals surface area (Å²) in [5.41, 5.74) is 1.46. The van der Waals surface area contributed by atoms with Gasteiger partial charge in [0.15, 0.2) is 11.6 Å². The van der Waals surface area contributed by atoms with Crippen molar-refractivity contribution < 1.29 is 9.13 Å². The van der Waals surface area contributed by atoms with Gasteiger partial charge in [0, 0.05) is 11.5 Å². The third-order valence-electron chi connectivity index (χ3n) is 2.22. The minimum absolute atomic E-state index is 0.176. The summed E-state index contributed by atoms with van der Waals surface area (Å²) in [5.74, 6) is -0.219. The molecule has 0 spiro atoms. The van der Waals surface area contributed by atoms with Gasteiger partial charge in [-0.25, -0.2) is 9.37 Å². The first-order valence-electron chi connectivity index (χ1n) is 4.42. The van der Waals surface area contributed by atoms with Crippen LogP contribution < -0.4 is 4.74 Å². The number of aryl methyl sites for hydroxylation is 1. The molecule has 78 valence electrons. The number of ether oxygens (including phenoxy) is 1. The fourth-order valence-electron chi connectivity index (χ4n) is 1.41. The fourth-order valence-corrected chi connectivity index (χ4v) is 1.56. The molecule has 1 heterocycles. The first kappa shape index (κ1) is 10.2. The van der Waals surface area contributed by atoms with Gasteiger partial charge in [0.2, 0.25) is 0 Å². The van der Waals surface area contributed by atoms with Gasteiger partial charge >= 0.3 is 0 Å². The number of methoxy groups -OCH3 is 1. The standard InChI is InChI=1S/C11H9ClFNO/c1-6-3-7-4-8(13)10(15-2)5-9(7)14-11(6)12/h3-5H,1-2H3. The van der Waals surface area contributed by atoms with Crippen LogP contribution in [0, 0.1) is 12.7 Å². The van der Waals surface area contributed by atoms with E-state index in [2.05, 4.69) is 4.98 Å². The van der Waals surface area contributed by atoms with Crippen molar-refractivity contribution in [3.63, 3.8) is 0 Å². The molecule has 0 saturated heterocycles. The molecule has 4 heteroatoms. The molecule has 0 aliphatic heterocycles. The first-order valence-corrected chi connectivity index (χ1v) is 4.80. The maximum atomic E-state index is 13.4. The van der Waals surface area contributed by atoms with E-state index >= 15 is 0 Å². The summed E-state index contributed by atoms with van der Waals surface area (Å²) in [7, 11) is 1.42. The van der Waals surface area contributed by atoms with Gasteiger partial charge in [-0.3, -0.25) is 0 Å². The van der Waals surface area contributed by atoms with Gasteiger partial charge in [-0.15, -0.1) is 0 Å². The molecule has 0 radical (unpaired) electrons. The molecular formula is C11H9ClFNO. The summed E-state index contributed by atoms with van der Waals surface area (Å²) in [6.45, 7) is 1.83. The van der Waals surface area contributed by atoms with Crippen molar-refractivity contribution >= 4 is 22.5 Å². The second kappa shape index (κ2) is 3.66. The lowest BCUT2D eigenvalue weighted by molar-refractivity contribution is 0.387. The molecule has 0 unspecified atom stereocenters. The number of hydrogen-bond donors (Lipinski definition) is 0. The van der Waals surface area contributed by atoms with E-state index in [0.29, 0.717) is 10.7 Å². The predicted molar refractivity (Wildman–Crippen MR) is 58.0 cm³/mol. The number of hydrogen-bond acceptors (Lipinski definition) is 2. The molecule has 0 bridgehead atoms. The Bertz CT molecular complexity index is 527. The van der Waals surface area contributed by atoms with Crippen LogP contribution in [0.3, 0.4) is 0 Å². The Hall–Kier alpha value is -1.35. The van der Waals surface area contributed by atoms with Crippen LogP contribution >= 0.6 is 11.6 Å². The van der Waals surface area contributed by atoms with Crippen molar-refractivity contribution in [2.45, 2.75) is 6.92 Å². The number of halogens is 2. The van der Waals surface area contributed by atoms with Gasteiger partial charge in [-0.2, -0.15) is 0 Å². The minimum atomic E-state index is -0.395. The molecular weight excluding hydrogens is 217 g/mol. The molecule has 2 aromatic rings. The molecule has 0 atom stereocenters. The molecule has 0 aliphatic carbocycles. The maximum Gasteiger partial charge on any atom is 0.165 e. The van der Waals surface area contributed by atoms with E-state index in [4.69, 9.17) is 16.3 Å². The second-order valence-corrected chi connectivity index (χ2v) is 3.63. The van der Waals surface area contributed by atoms with Gasteiger partial charge in [0.25, 0.3) is 0 Å². The van der Waals surface area contributed by atoms with E-state index in [0.717, 1.165) is 10.9 Å². The highest BCUT2D eigenvalue weighted by atomic mass is 35.5. The molecule has 0 fully saturated rings. The predicted octanol–water partition coefficient (Wildman–Crippen LogP) is 3.34. The summed E-state index contributed by atoms with van der Waals surface area (Å²) in [6, 6.07) is 4.73. The summed E-state index contributed by atoms with van der Waals surface area (Å²) in [4.78, 5) is 4.14. The van der Waals surface area contributed by atoms with Gasteiger partial charge in [0.1, 0.15) is 5.15 Å². The van der Waals surface area contributed by atoms with Crippen LogP contribution in [0.15, 0.2) is 18.2 Å². The van der Waals surface area contributed by atoms with Crippen LogP contribution in [-0.4, -0.2) is 12.1 Å². The lowest BCUT2D eigenvalue weighted by Gasteiger charge is -2.05. The number of nitrogens with zero attached hydrogens (tertiary/aromatic N) is 1. The quantitative estimate of drug-likeness (QED) is 0.695. The highest BCUT2D eigenvalue weighted by molar-refractivity contribution is 6.30. The topological polar surface area (TPSA) is 22.1 Å². The second-order valence-electron chi connectivity index (χ2n) is 3.28. The number of benzene rings is 1. The van der Waals surface area contributed by atoms with E-state index in [1.165, 1.54) is 19.2 Å². The zero-order valence-electron chi connectivity index (χ0n) is 8.34. The zero-order chi connectivity index (χ0) is 11.0. The lowest BCUT2D eigenvalue weighted by atomic mass is 10.1. The van der Waals surface area contributed by atoms with E-state index in [9.17, 15) is 4.39 Å². The Morgan fingerprint density at radius 3 is 2.73 bits per heavy atom. The van der Waals surface area contributed by atoms with Crippen molar-refractivity contribution in [2.24, 2.45) is 0 Å². The van der Waals surface area contributed by atoms with Crippen LogP contribution in [0.4, 0.5) is 4.39 Å². The monoisotopic (exact) mass is 225 g/mol. The Labute approximate surface area is 91.6 Å². The number of rotatable bonds is 1. The van der Waals surface area contributed by atoms with Crippen LogP contribution in [0.25, 0.3) is 10.9 Å². The van der Waals surface area contributed by atoms with E-state index < -0.39 is 5.82 Å². The Kier molecular flexibility index (Phi) is 2.49. The summed E-state index contributed by atoms with van der Waals surface area (Å²) < 4.78 is 18.2. The van der Waals surface area contributed by atoms with Gasteiger partial charge in [0.05, 0.1) is 12.6 Å². The smallest absolute Gasteiger partial charge is 0.165 e. The number of pyridine rings is 1. The van der Waals surface area contributed by atoms with E-state index in [-0.39, 0.29) is 5.75 Å². The molecule has 0 saturated carbocycles. The molecule has 0 aliphatic rings. The lowest BCUT2D eigenvalue weighted by Crippen LogP contribution is -1.91. The van der Waals surface area contributed by atoms with Crippen molar-refractivity contribution in [1.29, 1.82) is 0 Å². The first-order chi connectivity index (χ1) is 7.11. The highest BCUT2D eigenvalue weighted by Crippen LogP contribution is 2.26. The van der Waals surface area contributed by atoms with Crippen molar-refractivity contribution in [3.05, 3.63) is 34.7 Å². The summed E-state index contributed by atoms with van der Waals surface area (Å²) in [5, 5.41) is 1.14. The number of fused-ring (bicyclic) bond motifs is 1. The van der Waals surface area contributed by atoms with Crippen LogP contribution in [0.1, 0.15) is 5.56 Å². The fraction of sp³-hybridized carbons (Fsp3) is 0.182. The third-order valence-corrected chi connectivity index (χ3v) is 2.60. The average molecular weight is 226 g/mol. The Morgan fingerprint density at radius 2 is 2.07 bits per heavy atom. The normalized spacial score (nSPS) is 10.7. The van der Waals surface area contributed by atoms with Crippen molar-refractivity contribution in [3.8, 4) is 5.75 Å². The third kappa shape index (κ3) is 1.75. The molecule has 15 heavy (non-hydrogen) atoms. The Morgan fingerprint density at radius 1 is 1.33 bits per heavy atom. The summed E-state index contributed by atoms with van der Waals surface area (Å²) in [6.07, 6.45) is 0. The molecule has 0 N–H and O–H groups in total. The average Bonchev–Trinajstić information content (AvgIpc) is 2.20. The molecule has 0 amide bonds. The van der Waals surface area contributed by atoms with Crippen molar-refractivity contribution in [2.75, 3.05) is 7.11 Å². The van der Waals surface area contributed by atoms with Gasteiger partial charge in [-0.05, 0) is 24.6 Å². The van der Waals surface area contributed by atoms with Crippen LogP contribution in [-0.2, 0) is 0 Å². The SMILES string of the molecule is COc1cc2nc(Cl)c(C)cc2cc1F. The number of aromatic nitrogens is 1. The molecule has 2 nitrogen and oxygen atoms in total. The summed E-state index contributed by atoms with van der Waals surface area (Å²) >= 11 is 5.88. The highest BCUT2D eigenvalue weighted by Gasteiger charge is 2.07. The van der Waals surface area contributed by atoms with Crippen LogP contribution in [0.2, 0.25) is 5.15 Å². The Balaban J connectivity index is 2.76. The van der Waals surface area contributed by atoms with E-state index in [1.807, 2.05) is 6.92 Å². The zero-order valence-corrected chi connectivity index (χ0v) is 9.10.